The minimum Gasteiger partial charge on any atom is -0.494 e. The van der Waals surface area contributed by atoms with Crippen molar-refractivity contribution in [2.45, 2.75) is 26.2 Å². The van der Waals surface area contributed by atoms with Crippen molar-refractivity contribution in [3.63, 3.8) is 0 Å². The number of nitrogens with zero attached hydrogens (tertiary/aromatic N) is 3. The maximum atomic E-state index is 14.2. The van der Waals surface area contributed by atoms with Gasteiger partial charge in [-0.25, -0.2) is 4.39 Å². The number of ketones is 1. The maximum absolute atomic E-state index is 14.2. The summed E-state index contributed by atoms with van der Waals surface area (Å²) in [6.07, 6.45) is 2.84. The summed E-state index contributed by atoms with van der Waals surface area (Å²) in [6, 6.07) is 16.5. The summed E-state index contributed by atoms with van der Waals surface area (Å²) < 4.78 is 25.5. The van der Waals surface area contributed by atoms with Crippen molar-refractivity contribution in [2.75, 3.05) is 53.0 Å². The Kier molecular flexibility index (Phi) is 9.63. The molecule has 7 heteroatoms. The average molecular weight is 506 g/mol. The Morgan fingerprint density at radius 2 is 1.70 bits per heavy atom. The van der Waals surface area contributed by atoms with Gasteiger partial charge in [0.05, 0.1) is 6.61 Å². The van der Waals surface area contributed by atoms with Crippen molar-refractivity contribution in [3.05, 3.63) is 77.9 Å². The lowest BCUT2D eigenvalue weighted by Crippen LogP contribution is -2.45. The van der Waals surface area contributed by atoms with Crippen molar-refractivity contribution in [3.8, 4) is 22.6 Å². The van der Waals surface area contributed by atoms with E-state index in [1.165, 1.54) is 12.1 Å². The quantitative estimate of drug-likeness (QED) is 0.357. The topological polar surface area (TPSA) is 54.9 Å². The second kappa shape index (κ2) is 13.3. The van der Waals surface area contributed by atoms with Gasteiger partial charge in [0.15, 0.2) is 0 Å². The molecule has 1 aliphatic rings. The van der Waals surface area contributed by atoms with Crippen LogP contribution in [0.25, 0.3) is 11.1 Å². The van der Waals surface area contributed by atoms with Crippen LogP contribution in [0.5, 0.6) is 11.5 Å². The number of halogens is 1. The lowest BCUT2D eigenvalue weighted by molar-refractivity contribution is -0.118. The molecule has 0 atom stereocenters. The smallest absolute Gasteiger partial charge is 0.139 e. The fourth-order valence-electron chi connectivity index (χ4n) is 4.40. The van der Waals surface area contributed by atoms with Gasteiger partial charge in [-0.2, -0.15) is 0 Å². The van der Waals surface area contributed by atoms with E-state index < -0.39 is 0 Å². The second-order valence-electron chi connectivity index (χ2n) is 9.50. The molecule has 0 spiro atoms. The van der Waals surface area contributed by atoms with Gasteiger partial charge in [-0.05, 0) is 61.9 Å². The van der Waals surface area contributed by atoms with Gasteiger partial charge in [-0.15, -0.1) is 0 Å². The molecule has 0 aliphatic carbocycles. The van der Waals surface area contributed by atoms with Crippen LogP contribution in [0.4, 0.5) is 4.39 Å². The summed E-state index contributed by atoms with van der Waals surface area (Å²) in [5.74, 6) is 1.08. The standard InChI is InChI=1S/C30H36FN3O3/c1-3-36-29-10-6-24(7-11-29)25-5-8-27(32-22-25)21-28(35)9-4-23-18-26(31)20-30(19-23)37-17-16-34-14-12-33(2)13-15-34/h5-8,10-11,18-20,22H,3-4,9,12-17,21H2,1-2H3. The Morgan fingerprint density at radius 3 is 2.41 bits per heavy atom. The number of piperazine rings is 1. The van der Waals surface area contributed by atoms with Crippen LogP contribution in [0.15, 0.2) is 60.8 Å². The molecule has 0 amide bonds. The van der Waals surface area contributed by atoms with Gasteiger partial charge < -0.3 is 14.4 Å². The first-order valence-corrected chi connectivity index (χ1v) is 13.0. The number of ether oxygens (including phenoxy) is 2. The van der Waals surface area contributed by atoms with E-state index in [0.717, 1.165) is 60.9 Å². The number of likely N-dealkylation sites (N-methyl/N-ethyl adjacent to an activating group) is 1. The van der Waals surface area contributed by atoms with E-state index in [2.05, 4.69) is 21.8 Å². The molecule has 3 aromatic rings. The van der Waals surface area contributed by atoms with Crippen LogP contribution in [0.2, 0.25) is 0 Å². The largest absolute Gasteiger partial charge is 0.494 e. The zero-order valence-corrected chi connectivity index (χ0v) is 21.8. The Bertz CT molecular complexity index is 1140. The Hall–Kier alpha value is -3.29. The highest BCUT2D eigenvalue weighted by Crippen LogP contribution is 2.22. The summed E-state index contributed by atoms with van der Waals surface area (Å²) in [4.78, 5) is 21.7. The molecule has 1 fully saturated rings. The number of benzene rings is 2. The average Bonchev–Trinajstić information content (AvgIpc) is 2.90. The zero-order valence-electron chi connectivity index (χ0n) is 21.8. The number of carbonyl (C=O) groups is 1. The predicted octanol–water partition coefficient (Wildman–Crippen LogP) is 4.66. The molecule has 2 aromatic carbocycles. The van der Waals surface area contributed by atoms with Crippen LogP contribution in [0.1, 0.15) is 24.6 Å². The fourth-order valence-corrected chi connectivity index (χ4v) is 4.40. The van der Waals surface area contributed by atoms with Crippen LogP contribution in [0, 0.1) is 5.82 Å². The van der Waals surface area contributed by atoms with Gasteiger partial charge in [0.25, 0.3) is 0 Å². The normalized spacial score (nSPS) is 14.5. The van der Waals surface area contributed by atoms with Gasteiger partial charge in [-0.1, -0.05) is 18.2 Å². The summed E-state index contributed by atoms with van der Waals surface area (Å²) in [6.45, 7) is 8.09. The van der Waals surface area contributed by atoms with E-state index in [-0.39, 0.29) is 18.0 Å². The summed E-state index contributed by atoms with van der Waals surface area (Å²) >= 11 is 0. The molecule has 6 nitrogen and oxygen atoms in total. The number of aryl methyl sites for hydroxylation is 1. The lowest BCUT2D eigenvalue weighted by atomic mass is 10.0. The molecule has 4 rings (SSSR count). The van der Waals surface area contributed by atoms with Gasteiger partial charge in [0.1, 0.15) is 29.7 Å². The molecule has 0 bridgehead atoms. The minimum absolute atomic E-state index is 0.0723. The third kappa shape index (κ3) is 8.37. The molecule has 1 aromatic heterocycles. The van der Waals surface area contributed by atoms with Crippen LogP contribution in [0.3, 0.4) is 0 Å². The van der Waals surface area contributed by atoms with Gasteiger partial charge in [-0.3, -0.25) is 14.7 Å². The van der Waals surface area contributed by atoms with E-state index in [1.54, 1.807) is 6.20 Å². The zero-order chi connectivity index (χ0) is 26.0. The molecular weight excluding hydrogens is 469 g/mol. The van der Waals surface area contributed by atoms with E-state index in [1.807, 2.05) is 49.4 Å². The van der Waals surface area contributed by atoms with Crippen molar-refractivity contribution in [1.82, 2.24) is 14.8 Å². The SMILES string of the molecule is CCOc1ccc(-c2ccc(CC(=O)CCc3cc(F)cc(OCCN4CCN(C)CC4)c3)nc2)cc1. The van der Waals surface area contributed by atoms with Crippen LogP contribution in [-0.4, -0.2) is 73.6 Å². The van der Waals surface area contributed by atoms with Crippen LogP contribution < -0.4 is 9.47 Å². The Morgan fingerprint density at radius 1 is 0.946 bits per heavy atom. The molecule has 37 heavy (non-hydrogen) atoms. The molecule has 2 heterocycles. The summed E-state index contributed by atoms with van der Waals surface area (Å²) in [7, 11) is 2.13. The monoisotopic (exact) mass is 505 g/mol. The maximum Gasteiger partial charge on any atom is 0.139 e. The Balaban J connectivity index is 1.24. The highest BCUT2D eigenvalue weighted by molar-refractivity contribution is 5.80. The Labute approximate surface area is 219 Å². The number of hydrogen-bond donors (Lipinski definition) is 0. The summed E-state index contributed by atoms with van der Waals surface area (Å²) in [5, 5.41) is 0. The number of Topliss-reactive ketones (excluding diaryl/α,β-unsaturated/α-hetero) is 1. The van der Waals surface area contributed by atoms with Crippen LogP contribution in [-0.2, 0) is 17.6 Å². The summed E-state index contributed by atoms with van der Waals surface area (Å²) in [5.41, 5.74) is 3.52. The van der Waals surface area contributed by atoms with Crippen molar-refractivity contribution >= 4 is 5.78 Å². The third-order valence-corrected chi connectivity index (χ3v) is 6.60. The molecular formula is C30H36FN3O3. The van der Waals surface area contributed by atoms with Gasteiger partial charge in [0, 0.05) is 69.1 Å². The highest BCUT2D eigenvalue weighted by Gasteiger charge is 2.14. The van der Waals surface area contributed by atoms with Crippen molar-refractivity contribution in [1.29, 1.82) is 0 Å². The van der Waals surface area contributed by atoms with Gasteiger partial charge in [0.2, 0.25) is 0 Å². The van der Waals surface area contributed by atoms with Crippen molar-refractivity contribution < 1.29 is 18.7 Å². The molecule has 0 radical (unpaired) electrons. The second-order valence-corrected chi connectivity index (χ2v) is 9.50. The molecule has 0 saturated carbocycles. The van der Waals surface area contributed by atoms with Crippen molar-refractivity contribution in [2.24, 2.45) is 0 Å². The van der Waals surface area contributed by atoms with E-state index in [0.29, 0.717) is 31.8 Å². The predicted molar refractivity (Wildman–Crippen MR) is 144 cm³/mol. The molecule has 0 N–H and O–H groups in total. The first-order valence-electron chi connectivity index (χ1n) is 13.0. The molecule has 1 saturated heterocycles. The number of carbonyl (C=O) groups excluding carboxylic acids is 1. The molecule has 1 aliphatic heterocycles. The van der Waals surface area contributed by atoms with E-state index in [9.17, 15) is 9.18 Å². The molecule has 0 unspecified atom stereocenters. The lowest BCUT2D eigenvalue weighted by Gasteiger charge is -2.32. The van der Waals surface area contributed by atoms with E-state index in [4.69, 9.17) is 9.47 Å². The molecule has 196 valence electrons. The van der Waals surface area contributed by atoms with Crippen LogP contribution >= 0.6 is 0 Å². The first kappa shape index (κ1) is 26.8. The van der Waals surface area contributed by atoms with E-state index >= 15 is 0 Å². The number of rotatable bonds is 12. The fraction of sp³-hybridized carbons (Fsp3) is 0.400. The first-order chi connectivity index (χ1) is 18.0. The number of hydrogen-bond acceptors (Lipinski definition) is 6. The number of aromatic nitrogens is 1. The number of pyridine rings is 1. The highest BCUT2D eigenvalue weighted by atomic mass is 19.1. The van der Waals surface area contributed by atoms with Gasteiger partial charge >= 0.3 is 0 Å². The minimum atomic E-state index is -0.342. The third-order valence-electron chi connectivity index (χ3n) is 6.60.